The first-order valence-corrected chi connectivity index (χ1v) is 6.47. The number of hydrogen-bond donors (Lipinski definition) is 2. The molecule has 1 aromatic rings. The second-order valence-corrected chi connectivity index (χ2v) is 4.93. The Balaban J connectivity index is 2.01. The van der Waals surface area contributed by atoms with Crippen LogP contribution in [0.25, 0.3) is 0 Å². The van der Waals surface area contributed by atoms with Gasteiger partial charge < -0.3 is 20.5 Å². The van der Waals surface area contributed by atoms with E-state index in [0.717, 1.165) is 5.56 Å². The molecule has 0 aromatic heterocycles. The van der Waals surface area contributed by atoms with Crippen molar-refractivity contribution in [1.82, 2.24) is 4.90 Å². The molecule has 1 amide bonds. The van der Waals surface area contributed by atoms with Gasteiger partial charge in [0.25, 0.3) is 0 Å². The highest BCUT2D eigenvalue weighted by molar-refractivity contribution is 5.80. The Morgan fingerprint density at radius 1 is 1.47 bits per heavy atom. The average Bonchev–Trinajstić information content (AvgIpc) is 2.40. The van der Waals surface area contributed by atoms with Crippen molar-refractivity contribution in [2.45, 2.75) is 25.6 Å². The molecule has 3 N–H and O–H groups in total. The van der Waals surface area contributed by atoms with Crippen molar-refractivity contribution >= 4 is 11.6 Å². The van der Waals surface area contributed by atoms with Crippen molar-refractivity contribution in [2.24, 2.45) is 0 Å². The Kier molecular flexibility index (Phi) is 4.39. The van der Waals surface area contributed by atoms with Gasteiger partial charge in [0.2, 0.25) is 5.91 Å². The van der Waals surface area contributed by atoms with Gasteiger partial charge in [-0.05, 0) is 18.6 Å². The highest BCUT2D eigenvalue weighted by Crippen LogP contribution is 2.16. The van der Waals surface area contributed by atoms with E-state index >= 15 is 0 Å². The third kappa shape index (κ3) is 3.45. The van der Waals surface area contributed by atoms with Crippen LogP contribution in [-0.2, 0) is 16.0 Å². The van der Waals surface area contributed by atoms with Gasteiger partial charge in [0.1, 0.15) is 0 Å². The van der Waals surface area contributed by atoms with Gasteiger partial charge in [-0.3, -0.25) is 4.79 Å². The Morgan fingerprint density at radius 3 is 2.89 bits per heavy atom. The van der Waals surface area contributed by atoms with Gasteiger partial charge in [-0.2, -0.15) is 0 Å². The van der Waals surface area contributed by atoms with Gasteiger partial charge in [0.15, 0.2) is 0 Å². The summed E-state index contributed by atoms with van der Waals surface area (Å²) in [5, 5.41) is 9.16. The van der Waals surface area contributed by atoms with Crippen LogP contribution >= 0.6 is 0 Å². The molecule has 1 saturated heterocycles. The number of rotatable bonds is 3. The maximum atomic E-state index is 12.3. The number of morpholine rings is 1. The minimum atomic E-state index is -0.291. The van der Waals surface area contributed by atoms with Crippen molar-refractivity contribution in [3.8, 4) is 0 Å². The van der Waals surface area contributed by atoms with E-state index in [0.29, 0.717) is 18.8 Å². The number of carbonyl (C=O) groups excluding carboxylic acids is 1. The van der Waals surface area contributed by atoms with Gasteiger partial charge in [0, 0.05) is 18.8 Å². The number of hydrogen-bond acceptors (Lipinski definition) is 4. The second kappa shape index (κ2) is 6.04. The predicted octanol–water partition coefficient (Wildman–Crippen LogP) is 0.420. The number of anilines is 1. The van der Waals surface area contributed by atoms with Crippen LogP contribution in [0.2, 0.25) is 0 Å². The molecule has 5 heteroatoms. The van der Waals surface area contributed by atoms with Crippen LogP contribution in [0, 0.1) is 0 Å². The third-order valence-corrected chi connectivity index (χ3v) is 3.28. The fraction of sp³-hybridized carbons (Fsp3) is 0.500. The predicted molar refractivity (Wildman–Crippen MR) is 72.6 cm³/mol. The van der Waals surface area contributed by atoms with Gasteiger partial charge in [-0.1, -0.05) is 18.2 Å². The van der Waals surface area contributed by atoms with Crippen LogP contribution in [0.5, 0.6) is 0 Å². The number of carbonyl (C=O) groups is 1. The first-order chi connectivity index (χ1) is 9.10. The third-order valence-electron chi connectivity index (χ3n) is 3.28. The lowest BCUT2D eigenvalue weighted by molar-refractivity contribution is -0.146. The van der Waals surface area contributed by atoms with Gasteiger partial charge >= 0.3 is 0 Å². The molecule has 104 valence electrons. The largest absolute Gasteiger partial charge is 0.398 e. The zero-order valence-corrected chi connectivity index (χ0v) is 11.1. The fourth-order valence-electron chi connectivity index (χ4n) is 2.32. The smallest absolute Gasteiger partial charge is 0.227 e. The number of nitrogen functional groups attached to an aromatic ring is 1. The minimum absolute atomic E-state index is 0.0199. The summed E-state index contributed by atoms with van der Waals surface area (Å²) in [5.41, 5.74) is 7.32. The van der Waals surface area contributed by atoms with E-state index in [1.54, 1.807) is 11.0 Å². The molecule has 5 nitrogen and oxygen atoms in total. The summed E-state index contributed by atoms with van der Waals surface area (Å²) in [4.78, 5) is 14.0. The number of aliphatic hydroxyl groups is 1. The number of nitrogens with two attached hydrogens (primary N) is 1. The summed E-state index contributed by atoms with van der Waals surface area (Å²) < 4.78 is 5.52. The maximum absolute atomic E-state index is 12.3. The summed E-state index contributed by atoms with van der Waals surface area (Å²) in [6.07, 6.45) is -0.0545. The van der Waals surface area contributed by atoms with Gasteiger partial charge in [-0.25, -0.2) is 0 Å². The Morgan fingerprint density at radius 2 is 2.21 bits per heavy atom. The van der Waals surface area contributed by atoms with Crippen molar-refractivity contribution in [3.63, 3.8) is 0 Å². The van der Waals surface area contributed by atoms with E-state index in [-0.39, 0.29) is 31.1 Å². The molecule has 19 heavy (non-hydrogen) atoms. The lowest BCUT2D eigenvalue weighted by atomic mass is 10.1. The molecule has 2 unspecified atom stereocenters. The SMILES string of the molecule is CC1CN(C(=O)Cc2ccccc2N)CC(CO)O1. The van der Waals surface area contributed by atoms with Crippen molar-refractivity contribution in [2.75, 3.05) is 25.4 Å². The fourth-order valence-corrected chi connectivity index (χ4v) is 2.32. The van der Waals surface area contributed by atoms with E-state index in [9.17, 15) is 4.79 Å². The first kappa shape index (κ1) is 13.8. The maximum Gasteiger partial charge on any atom is 0.227 e. The van der Waals surface area contributed by atoms with Crippen LogP contribution < -0.4 is 5.73 Å². The van der Waals surface area contributed by atoms with E-state index in [1.165, 1.54) is 0 Å². The molecule has 0 aliphatic carbocycles. The summed E-state index contributed by atoms with van der Waals surface area (Å²) >= 11 is 0. The van der Waals surface area contributed by atoms with Crippen LogP contribution in [0.15, 0.2) is 24.3 Å². The highest BCUT2D eigenvalue weighted by atomic mass is 16.5. The topological polar surface area (TPSA) is 75.8 Å². The molecule has 1 aromatic carbocycles. The van der Waals surface area contributed by atoms with Gasteiger partial charge in [-0.15, -0.1) is 0 Å². The molecule has 1 aliphatic rings. The summed E-state index contributed by atoms with van der Waals surface area (Å²) in [6.45, 7) is 2.83. The van der Waals surface area contributed by atoms with Crippen molar-refractivity contribution in [1.29, 1.82) is 0 Å². The number of aliphatic hydroxyl groups excluding tert-OH is 1. The number of amides is 1. The van der Waals surface area contributed by atoms with Gasteiger partial charge in [0.05, 0.1) is 25.2 Å². The first-order valence-electron chi connectivity index (χ1n) is 6.47. The Hall–Kier alpha value is -1.59. The average molecular weight is 264 g/mol. The quantitative estimate of drug-likeness (QED) is 0.776. The van der Waals surface area contributed by atoms with Crippen LogP contribution in [-0.4, -0.2) is 47.8 Å². The normalized spacial score (nSPS) is 23.4. The van der Waals surface area contributed by atoms with E-state index in [1.807, 2.05) is 25.1 Å². The molecule has 0 radical (unpaired) electrons. The summed E-state index contributed by atoms with van der Waals surface area (Å²) in [5.74, 6) is 0.0199. The molecule has 2 atom stereocenters. The molecule has 1 fully saturated rings. The second-order valence-electron chi connectivity index (χ2n) is 4.93. The lowest BCUT2D eigenvalue weighted by Gasteiger charge is -2.36. The Bertz CT molecular complexity index is 450. The number of para-hydroxylation sites is 1. The molecular weight excluding hydrogens is 244 g/mol. The number of nitrogens with zero attached hydrogens (tertiary/aromatic N) is 1. The van der Waals surface area contributed by atoms with Crippen LogP contribution in [0.1, 0.15) is 12.5 Å². The molecular formula is C14H20N2O3. The summed E-state index contributed by atoms with van der Waals surface area (Å²) in [7, 11) is 0. The van der Waals surface area contributed by atoms with Crippen LogP contribution in [0.3, 0.4) is 0 Å². The van der Waals surface area contributed by atoms with Crippen molar-refractivity contribution < 1.29 is 14.6 Å². The number of ether oxygens (including phenoxy) is 1. The zero-order valence-electron chi connectivity index (χ0n) is 11.1. The molecule has 0 bridgehead atoms. The molecule has 2 rings (SSSR count). The Labute approximate surface area is 113 Å². The molecule has 0 saturated carbocycles. The molecule has 1 heterocycles. The van der Waals surface area contributed by atoms with Crippen LogP contribution in [0.4, 0.5) is 5.69 Å². The zero-order chi connectivity index (χ0) is 13.8. The van der Waals surface area contributed by atoms with Crippen molar-refractivity contribution in [3.05, 3.63) is 29.8 Å². The summed E-state index contributed by atoms with van der Waals surface area (Å²) in [6, 6.07) is 7.38. The number of benzene rings is 1. The lowest BCUT2D eigenvalue weighted by Crippen LogP contribution is -2.50. The van der Waals surface area contributed by atoms with E-state index in [2.05, 4.69) is 0 Å². The standard InChI is InChI=1S/C14H20N2O3/c1-10-7-16(8-12(9-17)19-10)14(18)6-11-4-2-3-5-13(11)15/h2-5,10,12,17H,6-9,15H2,1H3. The minimum Gasteiger partial charge on any atom is -0.398 e. The highest BCUT2D eigenvalue weighted by Gasteiger charge is 2.27. The molecule has 1 aliphatic heterocycles. The molecule has 0 spiro atoms. The van der Waals surface area contributed by atoms with E-state index in [4.69, 9.17) is 15.6 Å². The monoisotopic (exact) mass is 264 g/mol. The van der Waals surface area contributed by atoms with E-state index < -0.39 is 0 Å².